The van der Waals surface area contributed by atoms with Gasteiger partial charge in [0.2, 0.25) is 0 Å². The summed E-state index contributed by atoms with van der Waals surface area (Å²) in [4.78, 5) is 15.1. The summed E-state index contributed by atoms with van der Waals surface area (Å²) in [6.45, 7) is 0. The lowest BCUT2D eigenvalue weighted by Crippen LogP contribution is -2.11. The third-order valence-corrected chi connectivity index (χ3v) is 4.16. The van der Waals surface area contributed by atoms with Gasteiger partial charge in [0, 0.05) is 17.3 Å². The van der Waals surface area contributed by atoms with E-state index in [4.69, 9.17) is 0 Å². The number of nitrogens with zero attached hydrogens (tertiary/aromatic N) is 1. The predicted molar refractivity (Wildman–Crippen MR) is 92.1 cm³/mol. The summed E-state index contributed by atoms with van der Waals surface area (Å²) in [6, 6.07) is 9.65. The van der Waals surface area contributed by atoms with Gasteiger partial charge in [-0.1, -0.05) is 36.4 Å². The third kappa shape index (κ3) is 4.08. The SMILES string of the molecule is O=C(O)c1ncc(-c2ccccc2C(F)(F)F)cc1-c1ccccc1C(F)(F)F. The highest BCUT2D eigenvalue weighted by atomic mass is 19.4. The van der Waals surface area contributed by atoms with Crippen molar-refractivity contribution in [3.63, 3.8) is 0 Å². The highest BCUT2D eigenvalue weighted by molar-refractivity contribution is 5.95. The van der Waals surface area contributed by atoms with Crippen LogP contribution >= 0.6 is 0 Å². The number of hydrogen-bond acceptors (Lipinski definition) is 2. The summed E-state index contributed by atoms with van der Waals surface area (Å²) < 4.78 is 80.1. The van der Waals surface area contributed by atoms with Crippen molar-refractivity contribution < 1.29 is 36.2 Å². The van der Waals surface area contributed by atoms with E-state index >= 15 is 0 Å². The second kappa shape index (κ2) is 7.23. The normalized spacial score (nSPS) is 12.1. The standard InChI is InChI=1S/C20H11F6NO2/c21-19(22,23)15-7-3-1-5-12(15)11-9-14(17(18(28)29)27-10-11)13-6-2-4-8-16(13)20(24,25)26/h1-10H,(H,28,29). The summed E-state index contributed by atoms with van der Waals surface area (Å²) in [7, 11) is 0. The van der Waals surface area contributed by atoms with Crippen LogP contribution in [0.2, 0.25) is 0 Å². The van der Waals surface area contributed by atoms with Crippen molar-refractivity contribution >= 4 is 5.97 Å². The second-order valence-electron chi connectivity index (χ2n) is 6.01. The number of carbonyl (C=O) groups is 1. The van der Waals surface area contributed by atoms with Crippen LogP contribution in [0.15, 0.2) is 60.8 Å². The Balaban J connectivity index is 2.31. The Morgan fingerprint density at radius 3 is 1.76 bits per heavy atom. The van der Waals surface area contributed by atoms with Gasteiger partial charge in [0.1, 0.15) is 0 Å². The third-order valence-electron chi connectivity index (χ3n) is 4.16. The molecule has 0 fully saturated rings. The molecule has 3 rings (SSSR count). The quantitative estimate of drug-likeness (QED) is 0.526. The number of aromatic nitrogens is 1. The zero-order chi connectivity index (χ0) is 21.4. The van der Waals surface area contributed by atoms with Crippen LogP contribution in [0.1, 0.15) is 21.6 Å². The smallest absolute Gasteiger partial charge is 0.417 e. The zero-order valence-corrected chi connectivity index (χ0v) is 14.3. The first-order valence-electron chi connectivity index (χ1n) is 8.06. The largest absolute Gasteiger partial charge is 0.476 e. The van der Waals surface area contributed by atoms with E-state index in [1.807, 2.05) is 0 Å². The number of halogens is 6. The molecule has 0 saturated heterocycles. The summed E-state index contributed by atoms with van der Waals surface area (Å²) in [5, 5.41) is 9.34. The monoisotopic (exact) mass is 411 g/mol. The lowest BCUT2D eigenvalue weighted by atomic mass is 9.93. The van der Waals surface area contributed by atoms with Crippen LogP contribution < -0.4 is 0 Å². The molecule has 1 aromatic heterocycles. The molecule has 0 radical (unpaired) electrons. The highest BCUT2D eigenvalue weighted by Gasteiger charge is 2.36. The van der Waals surface area contributed by atoms with Crippen LogP contribution in [0.3, 0.4) is 0 Å². The molecule has 2 aromatic carbocycles. The van der Waals surface area contributed by atoms with E-state index in [1.165, 1.54) is 18.2 Å². The molecule has 9 heteroatoms. The van der Waals surface area contributed by atoms with E-state index in [9.17, 15) is 36.2 Å². The van der Waals surface area contributed by atoms with Crippen molar-refractivity contribution in [3.05, 3.63) is 77.6 Å². The number of hydrogen-bond donors (Lipinski definition) is 1. The minimum absolute atomic E-state index is 0.157. The minimum Gasteiger partial charge on any atom is -0.476 e. The number of aromatic carboxylic acids is 1. The summed E-state index contributed by atoms with van der Waals surface area (Å²) in [5.41, 5.74) is -4.23. The molecular formula is C20H11F6NO2. The van der Waals surface area contributed by atoms with Gasteiger partial charge in [-0.2, -0.15) is 26.3 Å². The van der Waals surface area contributed by atoms with Gasteiger partial charge < -0.3 is 5.11 Å². The Labute approximate surface area is 160 Å². The molecular weight excluding hydrogens is 400 g/mol. The Morgan fingerprint density at radius 1 is 0.759 bits per heavy atom. The van der Waals surface area contributed by atoms with Gasteiger partial charge >= 0.3 is 18.3 Å². The second-order valence-corrected chi connectivity index (χ2v) is 6.01. The van der Waals surface area contributed by atoms with Crippen LogP contribution in [0, 0.1) is 0 Å². The Hall–Kier alpha value is -3.36. The van der Waals surface area contributed by atoms with Crippen molar-refractivity contribution in [2.24, 2.45) is 0 Å². The van der Waals surface area contributed by atoms with Crippen LogP contribution in [0.25, 0.3) is 22.3 Å². The topological polar surface area (TPSA) is 50.2 Å². The van der Waals surface area contributed by atoms with Crippen LogP contribution in [0.4, 0.5) is 26.3 Å². The van der Waals surface area contributed by atoms with Crippen molar-refractivity contribution in [2.75, 3.05) is 0 Å². The van der Waals surface area contributed by atoms with Crippen LogP contribution in [0.5, 0.6) is 0 Å². The summed E-state index contributed by atoms with van der Waals surface area (Å²) in [6.07, 6.45) is -8.62. The minimum atomic E-state index is -4.80. The molecule has 150 valence electrons. The van der Waals surface area contributed by atoms with Gasteiger partial charge in [-0.25, -0.2) is 9.78 Å². The maximum absolute atomic E-state index is 13.4. The van der Waals surface area contributed by atoms with Crippen molar-refractivity contribution in [2.45, 2.75) is 12.4 Å². The lowest BCUT2D eigenvalue weighted by Gasteiger charge is -2.16. The molecule has 1 heterocycles. The first-order chi connectivity index (χ1) is 13.5. The molecule has 0 aliphatic carbocycles. The Morgan fingerprint density at radius 2 is 1.24 bits per heavy atom. The van der Waals surface area contributed by atoms with Crippen LogP contribution in [-0.2, 0) is 12.4 Å². The molecule has 0 aliphatic rings. The van der Waals surface area contributed by atoms with Gasteiger partial charge in [-0.15, -0.1) is 0 Å². The number of pyridine rings is 1. The van der Waals surface area contributed by atoms with E-state index in [-0.39, 0.29) is 11.1 Å². The summed E-state index contributed by atoms with van der Waals surface area (Å²) >= 11 is 0. The Bertz CT molecular complexity index is 1070. The fourth-order valence-electron chi connectivity index (χ4n) is 2.94. The number of alkyl halides is 6. The van der Waals surface area contributed by atoms with E-state index < -0.39 is 46.3 Å². The van der Waals surface area contributed by atoms with E-state index in [0.717, 1.165) is 42.6 Å². The molecule has 0 saturated carbocycles. The first-order valence-corrected chi connectivity index (χ1v) is 8.06. The number of benzene rings is 2. The predicted octanol–water partition coefficient (Wildman–Crippen LogP) is 6.15. The highest BCUT2D eigenvalue weighted by Crippen LogP contribution is 2.41. The first kappa shape index (κ1) is 20.4. The average molecular weight is 411 g/mol. The van der Waals surface area contributed by atoms with Crippen molar-refractivity contribution in [3.8, 4) is 22.3 Å². The molecule has 29 heavy (non-hydrogen) atoms. The molecule has 0 aliphatic heterocycles. The van der Waals surface area contributed by atoms with Gasteiger partial charge in [-0.05, 0) is 29.3 Å². The van der Waals surface area contributed by atoms with Crippen molar-refractivity contribution in [1.29, 1.82) is 0 Å². The zero-order valence-electron chi connectivity index (χ0n) is 14.3. The molecule has 3 aromatic rings. The van der Waals surface area contributed by atoms with E-state index in [1.54, 1.807) is 0 Å². The number of carboxylic acid groups (broad SMARTS) is 1. The van der Waals surface area contributed by atoms with Gasteiger partial charge in [0.25, 0.3) is 0 Å². The molecule has 0 amide bonds. The summed E-state index contributed by atoms with van der Waals surface area (Å²) in [5.74, 6) is -1.60. The van der Waals surface area contributed by atoms with E-state index in [0.29, 0.717) is 0 Å². The van der Waals surface area contributed by atoms with Crippen molar-refractivity contribution in [1.82, 2.24) is 4.98 Å². The average Bonchev–Trinajstić information content (AvgIpc) is 2.66. The molecule has 0 atom stereocenters. The van der Waals surface area contributed by atoms with E-state index in [2.05, 4.69) is 4.98 Å². The van der Waals surface area contributed by atoms with Crippen LogP contribution in [-0.4, -0.2) is 16.1 Å². The number of rotatable bonds is 3. The molecule has 0 bridgehead atoms. The molecule has 1 N–H and O–H groups in total. The molecule has 0 spiro atoms. The maximum Gasteiger partial charge on any atom is 0.417 e. The maximum atomic E-state index is 13.4. The molecule has 3 nitrogen and oxygen atoms in total. The van der Waals surface area contributed by atoms with Gasteiger partial charge in [0.05, 0.1) is 11.1 Å². The molecule has 0 unspecified atom stereocenters. The fourth-order valence-corrected chi connectivity index (χ4v) is 2.94. The van der Waals surface area contributed by atoms with Gasteiger partial charge in [-0.3, -0.25) is 0 Å². The number of carboxylic acids is 1. The van der Waals surface area contributed by atoms with Gasteiger partial charge in [0.15, 0.2) is 5.69 Å². The fraction of sp³-hybridized carbons (Fsp3) is 0.100. The Kier molecular flexibility index (Phi) is 5.08. The lowest BCUT2D eigenvalue weighted by molar-refractivity contribution is -0.137.